The first-order chi connectivity index (χ1) is 17.0. The van der Waals surface area contributed by atoms with Gasteiger partial charge in [0.2, 0.25) is 0 Å². The first kappa shape index (κ1) is 25.8. The molecule has 7 nitrogen and oxygen atoms in total. The lowest BCUT2D eigenvalue weighted by Crippen LogP contribution is -2.36. The lowest BCUT2D eigenvalue weighted by Gasteiger charge is -2.28. The third kappa shape index (κ3) is 6.10. The Morgan fingerprint density at radius 1 is 0.944 bits per heavy atom. The molecular weight excluding hydrogens is 519 g/mol. The van der Waals surface area contributed by atoms with Crippen LogP contribution in [-0.4, -0.2) is 40.6 Å². The first-order valence-electron chi connectivity index (χ1n) is 10.8. The molecule has 0 unspecified atom stereocenters. The van der Waals surface area contributed by atoms with Gasteiger partial charge >= 0.3 is 6.18 Å². The van der Waals surface area contributed by atoms with Crippen molar-refractivity contribution in [1.29, 1.82) is 0 Å². The molecule has 0 aliphatic carbocycles. The normalized spacial score (nSPS) is 14.4. The van der Waals surface area contributed by atoms with E-state index < -0.39 is 27.7 Å². The average molecular weight is 540 g/mol. The van der Waals surface area contributed by atoms with Gasteiger partial charge in [0.25, 0.3) is 15.9 Å². The van der Waals surface area contributed by atoms with Gasteiger partial charge in [-0.3, -0.25) is 9.52 Å². The topological polar surface area (TPSA) is 87.7 Å². The van der Waals surface area contributed by atoms with Gasteiger partial charge in [0, 0.05) is 30.2 Å². The third-order valence-corrected chi connectivity index (χ3v) is 7.14. The number of carbonyl (C=O) groups excluding carboxylic acids is 1. The van der Waals surface area contributed by atoms with Gasteiger partial charge in [0.15, 0.2) is 0 Å². The lowest BCUT2D eigenvalue weighted by atomic mass is 10.2. The van der Waals surface area contributed by atoms with Crippen LogP contribution in [0.2, 0.25) is 5.02 Å². The molecule has 1 heterocycles. The van der Waals surface area contributed by atoms with E-state index in [0.717, 1.165) is 43.0 Å². The van der Waals surface area contributed by atoms with E-state index in [9.17, 15) is 26.4 Å². The highest BCUT2D eigenvalue weighted by atomic mass is 35.5. The Morgan fingerprint density at radius 3 is 2.31 bits per heavy atom. The quantitative estimate of drug-likeness (QED) is 0.447. The summed E-state index contributed by atoms with van der Waals surface area (Å²) >= 11 is 6.15. The van der Waals surface area contributed by atoms with E-state index in [4.69, 9.17) is 16.3 Å². The molecule has 1 fully saturated rings. The Hall–Kier alpha value is -3.28. The summed E-state index contributed by atoms with van der Waals surface area (Å²) in [5.41, 5.74) is 0.0667. The summed E-state index contributed by atoms with van der Waals surface area (Å²) in [6, 6.07) is 14.4. The molecule has 0 saturated carbocycles. The average Bonchev–Trinajstić information content (AvgIpc) is 2.84. The van der Waals surface area contributed by atoms with Gasteiger partial charge in [-0.2, -0.15) is 13.2 Å². The highest BCUT2D eigenvalue weighted by molar-refractivity contribution is 7.92. The monoisotopic (exact) mass is 539 g/mol. The van der Waals surface area contributed by atoms with Crippen LogP contribution in [0.3, 0.4) is 0 Å². The summed E-state index contributed by atoms with van der Waals surface area (Å²) in [6.45, 7) is 2.80. The molecule has 0 radical (unpaired) electrons. The number of hydrogen-bond acceptors (Lipinski definition) is 5. The van der Waals surface area contributed by atoms with Crippen molar-refractivity contribution in [3.8, 4) is 0 Å². The minimum absolute atomic E-state index is 0.00968. The van der Waals surface area contributed by atoms with Crippen molar-refractivity contribution in [3.05, 3.63) is 82.9 Å². The van der Waals surface area contributed by atoms with Gasteiger partial charge < -0.3 is 15.0 Å². The second kappa shape index (κ2) is 10.4. The maximum Gasteiger partial charge on any atom is 0.416 e. The highest BCUT2D eigenvalue weighted by Crippen LogP contribution is 2.31. The molecule has 0 spiro atoms. The minimum atomic E-state index is -4.63. The van der Waals surface area contributed by atoms with Crippen molar-refractivity contribution in [2.24, 2.45) is 0 Å². The zero-order valence-corrected chi connectivity index (χ0v) is 20.3. The standard InChI is InChI=1S/C24H21ClF3N3O4S/c25-22-9-8-20(36(33,34)30-18-3-1-2-16(14-18)24(26,27)28)15-21(22)23(32)29-17-4-6-19(7-5-17)31-10-12-35-13-11-31/h1-9,14-15,30H,10-13H2,(H,29,32). The van der Waals surface area contributed by atoms with Crippen molar-refractivity contribution in [2.45, 2.75) is 11.1 Å². The maximum atomic E-state index is 13.0. The maximum absolute atomic E-state index is 13.0. The zero-order valence-electron chi connectivity index (χ0n) is 18.7. The minimum Gasteiger partial charge on any atom is -0.378 e. The molecule has 1 aliphatic heterocycles. The number of halogens is 4. The summed E-state index contributed by atoms with van der Waals surface area (Å²) in [5.74, 6) is -0.643. The third-order valence-electron chi connectivity index (χ3n) is 5.44. The number of alkyl halides is 3. The number of carbonyl (C=O) groups is 1. The summed E-state index contributed by atoms with van der Waals surface area (Å²) in [6.07, 6.45) is -4.63. The molecule has 1 saturated heterocycles. The van der Waals surface area contributed by atoms with E-state index in [1.807, 2.05) is 12.1 Å². The Labute approximate surface area is 210 Å². The highest BCUT2D eigenvalue weighted by Gasteiger charge is 2.31. The molecule has 1 aliphatic rings. The SMILES string of the molecule is O=C(Nc1ccc(N2CCOCC2)cc1)c1cc(S(=O)(=O)Nc2cccc(C(F)(F)F)c2)ccc1Cl. The van der Waals surface area contributed by atoms with Crippen molar-refractivity contribution < 1.29 is 31.1 Å². The Morgan fingerprint density at radius 2 is 1.64 bits per heavy atom. The molecule has 0 atom stereocenters. The first-order valence-corrected chi connectivity index (χ1v) is 12.6. The number of ether oxygens (including phenoxy) is 1. The molecule has 3 aromatic rings. The molecule has 36 heavy (non-hydrogen) atoms. The van der Waals surface area contributed by atoms with Crippen LogP contribution in [0.1, 0.15) is 15.9 Å². The fourth-order valence-electron chi connectivity index (χ4n) is 3.59. The van der Waals surface area contributed by atoms with E-state index in [1.54, 1.807) is 12.1 Å². The van der Waals surface area contributed by atoms with Crippen molar-refractivity contribution in [1.82, 2.24) is 0 Å². The largest absolute Gasteiger partial charge is 0.416 e. The molecule has 3 aromatic carbocycles. The summed E-state index contributed by atoms with van der Waals surface area (Å²) in [4.78, 5) is 14.7. The van der Waals surface area contributed by atoms with Gasteiger partial charge in [-0.25, -0.2) is 8.42 Å². The van der Waals surface area contributed by atoms with Crippen LogP contribution in [0.4, 0.5) is 30.2 Å². The molecule has 0 aromatic heterocycles. The Bertz CT molecular complexity index is 1360. The predicted octanol–water partition coefficient (Wildman–Crippen LogP) is 5.25. The van der Waals surface area contributed by atoms with Crippen LogP contribution in [0.25, 0.3) is 0 Å². The van der Waals surface area contributed by atoms with Crippen LogP contribution in [0, 0.1) is 0 Å². The number of rotatable bonds is 6. The Balaban J connectivity index is 1.51. The molecule has 1 amide bonds. The molecule has 190 valence electrons. The van der Waals surface area contributed by atoms with Gasteiger partial charge in [-0.1, -0.05) is 17.7 Å². The van der Waals surface area contributed by atoms with Crippen molar-refractivity contribution in [3.63, 3.8) is 0 Å². The van der Waals surface area contributed by atoms with Gasteiger partial charge in [-0.15, -0.1) is 0 Å². The molecular formula is C24H21ClF3N3O4S. The number of sulfonamides is 1. The van der Waals surface area contributed by atoms with E-state index in [1.165, 1.54) is 12.1 Å². The van der Waals surface area contributed by atoms with Gasteiger partial charge in [0.1, 0.15) is 0 Å². The van der Waals surface area contributed by atoms with Crippen LogP contribution in [0.5, 0.6) is 0 Å². The van der Waals surface area contributed by atoms with Gasteiger partial charge in [-0.05, 0) is 60.7 Å². The van der Waals surface area contributed by atoms with Crippen LogP contribution >= 0.6 is 11.6 Å². The Kier molecular flexibility index (Phi) is 7.43. The number of amides is 1. The summed E-state index contributed by atoms with van der Waals surface area (Å²) < 4.78 is 72.0. The number of benzene rings is 3. The molecule has 2 N–H and O–H groups in total. The lowest BCUT2D eigenvalue weighted by molar-refractivity contribution is -0.137. The van der Waals surface area contributed by atoms with E-state index in [0.29, 0.717) is 25.0 Å². The van der Waals surface area contributed by atoms with Gasteiger partial charge in [0.05, 0.1) is 34.3 Å². The number of anilines is 3. The number of hydrogen-bond donors (Lipinski definition) is 2. The molecule has 12 heteroatoms. The number of nitrogens with one attached hydrogen (secondary N) is 2. The van der Waals surface area contributed by atoms with E-state index in [2.05, 4.69) is 14.9 Å². The molecule has 0 bridgehead atoms. The smallest absolute Gasteiger partial charge is 0.378 e. The zero-order chi connectivity index (χ0) is 25.9. The predicted molar refractivity (Wildman–Crippen MR) is 131 cm³/mol. The summed E-state index contributed by atoms with van der Waals surface area (Å²) in [7, 11) is -4.31. The van der Waals surface area contributed by atoms with Crippen molar-refractivity contribution >= 4 is 44.6 Å². The van der Waals surface area contributed by atoms with Crippen LogP contribution in [0.15, 0.2) is 71.6 Å². The van der Waals surface area contributed by atoms with Crippen LogP contribution < -0.4 is 14.9 Å². The molecule has 4 rings (SSSR count). The second-order valence-electron chi connectivity index (χ2n) is 7.93. The van der Waals surface area contributed by atoms with Crippen molar-refractivity contribution in [2.75, 3.05) is 41.2 Å². The summed E-state index contributed by atoms with van der Waals surface area (Å²) in [5, 5.41) is 2.68. The van der Waals surface area contributed by atoms with Crippen LogP contribution in [-0.2, 0) is 20.9 Å². The number of morpholine rings is 1. The fraction of sp³-hybridized carbons (Fsp3) is 0.208. The second-order valence-corrected chi connectivity index (χ2v) is 10.0. The van der Waals surface area contributed by atoms with E-state index in [-0.39, 0.29) is 21.2 Å². The van der Waals surface area contributed by atoms with E-state index >= 15 is 0 Å². The number of nitrogens with zero attached hydrogens (tertiary/aromatic N) is 1. The fourth-order valence-corrected chi connectivity index (χ4v) is 4.87.